The highest BCUT2D eigenvalue weighted by molar-refractivity contribution is 8.03. The van der Waals surface area contributed by atoms with Crippen LogP contribution in [0.4, 0.5) is 0 Å². The molecule has 1 unspecified atom stereocenters. The van der Waals surface area contributed by atoms with E-state index in [4.69, 9.17) is 16.3 Å². The van der Waals surface area contributed by atoms with E-state index in [2.05, 4.69) is 25.2 Å². The van der Waals surface area contributed by atoms with Crippen molar-refractivity contribution in [1.82, 2.24) is 0 Å². The minimum atomic E-state index is -0.356. The Balaban J connectivity index is 2.06. The fourth-order valence-electron chi connectivity index (χ4n) is 2.26. The number of halogens is 1. The third-order valence-corrected chi connectivity index (χ3v) is 4.86. The van der Waals surface area contributed by atoms with E-state index >= 15 is 0 Å². The fraction of sp³-hybridized carbons (Fsp3) is 0.316. The van der Waals surface area contributed by atoms with Gasteiger partial charge < -0.3 is 4.74 Å². The Morgan fingerprint density at radius 1 is 1.43 bits per heavy atom. The topological polar surface area (TPSA) is 26.3 Å². The van der Waals surface area contributed by atoms with Gasteiger partial charge >= 0.3 is 5.97 Å². The Morgan fingerprint density at radius 2 is 2.26 bits per heavy atom. The first-order valence-corrected chi connectivity index (χ1v) is 9.02. The number of carbonyl (C=O) groups is 1. The number of hydrogen-bond donors (Lipinski definition) is 0. The molecule has 122 valence electrons. The monoisotopic (exact) mass is 348 g/mol. The molecule has 4 heteroatoms. The number of benzene rings is 1. The lowest BCUT2D eigenvalue weighted by Gasteiger charge is -2.14. The summed E-state index contributed by atoms with van der Waals surface area (Å²) in [5.41, 5.74) is 0.809. The fourth-order valence-corrected chi connectivity index (χ4v) is 3.58. The third-order valence-electron chi connectivity index (χ3n) is 3.54. The predicted octanol–water partition coefficient (Wildman–Crippen LogP) is 5.88. The first kappa shape index (κ1) is 17.9. The van der Waals surface area contributed by atoms with E-state index in [1.54, 1.807) is 24.8 Å². The molecule has 0 aromatic heterocycles. The Bertz CT molecular complexity index is 647. The van der Waals surface area contributed by atoms with E-state index in [9.17, 15) is 4.79 Å². The zero-order valence-electron chi connectivity index (χ0n) is 13.4. The third kappa shape index (κ3) is 5.60. The van der Waals surface area contributed by atoms with Gasteiger partial charge in [0.25, 0.3) is 0 Å². The molecule has 1 aliphatic carbocycles. The van der Waals surface area contributed by atoms with Crippen LogP contribution in [0.3, 0.4) is 0 Å². The minimum Gasteiger partial charge on any atom is -0.463 e. The van der Waals surface area contributed by atoms with Crippen LogP contribution in [0.15, 0.2) is 52.3 Å². The summed E-state index contributed by atoms with van der Waals surface area (Å²) in [6, 6.07) is 5.87. The molecule has 0 spiro atoms. The maximum absolute atomic E-state index is 11.3. The molecule has 0 fully saturated rings. The first-order valence-electron chi connectivity index (χ1n) is 7.83. The number of rotatable bonds is 6. The van der Waals surface area contributed by atoms with Crippen molar-refractivity contribution in [3.63, 3.8) is 0 Å². The standard InChI is InChI=1S/C19H21ClO2S/c1-3-14-6-5-7-16(12-14)23-17-10-8-15(18(20)13-17)9-11-19(21)22-4-2/h5,7-14H,3-4,6H2,1-2H3/b11-9+. The van der Waals surface area contributed by atoms with Gasteiger partial charge in [0, 0.05) is 20.9 Å². The van der Waals surface area contributed by atoms with Crippen molar-refractivity contribution < 1.29 is 9.53 Å². The van der Waals surface area contributed by atoms with Crippen molar-refractivity contribution in [3.05, 3.63) is 58.0 Å². The summed E-state index contributed by atoms with van der Waals surface area (Å²) in [7, 11) is 0. The van der Waals surface area contributed by atoms with Gasteiger partial charge in [-0.3, -0.25) is 0 Å². The Kier molecular flexibility index (Phi) is 7.00. The highest BCUT2D eigenvalue weighted by atomic mass is 35.5. The number of ether oxygens (including phenoxy) is 1. The van der Waals surface area contributed by atoms with Crippen LogP contribution in [0.5, 0.6) is 0 Å². The molecule has 0 heterocycles. The molecule has 0 N–H and O–H groups in total. The molecule has 0 radical (unpaired) electrons. The second-order valence-electron chi connectivity index (χ2n) is 5.25. The SMILES string of the molecule is CCOC(=O)/C=C/c1ccc(SC2=CC(CC)CC=C2)cc1Cl. The molecule has 0 saturated heterocycles. The summed E-state index contributed by atoms with van der Waals surface area (Å²) < 4.78 is 4.86. The predicted molar refractivity (Wildman–Crippen MR) is 98.6 cm³/mol. The lowest BCUT2D eigenvalue weighted by Crippen LogP contribution is -1.98. The number of esters is 1. The number of hydrogen-bond acceptors (Lipinski definition) is 3. The minimum absolute atomic E-state index is 0.356. The second-order valence-corrected chi connectivity index (χ2v) is 6.80. The molecule has 0 aliphatic heterocycles. The maximum Gasteiger partial charge on any atom is 0.330 e. The summed E-state index contributed by atoms with van der Waals surface area (Å²) in [6.07, 6.45) is 12.1. The molecule has 1 aliphatic rings. The Labute approximate surface area is 147 Å². The van der Waals surface area contributed by atoms with Crippen LogP contribution in [-0.4, -0.2) is 12.6 Å². The number of carbonyl (C=O) groups excluding carboxylic acids is 1. The molecular weight excluding hydrogens is 328 g/mol. The first-order chi connectivity index (χ1) is 11.1. The molecule has 1 aromatic rings. The van der Waals surface area contributed by atoms with E-state index in [0.717, 1.165) is 23.3 Å². The second kappa shape index (κ2) is 8.99. The summed E-state index contributed by atoms with van der Waals surface area (Å²) in [4.78, 5) is 13.7. The van der Waals surface area contributed by atoms with Crippen molar-refractivity contribution in [2.75, 3.05) is 6.61 Å². The van der Waals surface area contributed by atoms with Gasteiger partial charge in [-0.1, -0.05) is 54.6 Å². The van der Waals surface area contributed by atoms with E-state index in [0.29, 0.717) is 17.5 Å². The number of thioether (sulfide) groups is 1. The molecule has 0 bridgehead atoms. The van der Waals surface area contributed by atoms with Crippen molar-refractivity contribution in [3.8, 4) is 0 Å². The van der Waals surface area contributed by atoms with E-state index < -0.39 is 0 Å². The van der Waals surface area contributed by atoms with E-state index in [1.807, 2.05) is 18.2 Å². The molecular formula is C19H21ClO2S. The highest BCUT2D eigenvalue weighted by Crippen LogP contribution is 2.34. The van der Waals surface area contributed by atoms with Crippen LogP contribution in [0.1, 0.15) is 32.3 Å². The quantitative estimate of drug-likeness (QED) is 0.474. The molecule has 0 saturated carbocycles. The molecule has 2 nitrogen and oxygen atoms in total. The van der Waals surface area contributed by atoms with E-state index in [-0.39, 0.29) is 5.97 Å². The van der Waals surface area contributed by atoms with E-state index in [1.165, 1.54) is 11.0 Å². The maximum atomic E-state index is 11.3. The molecule has 2 rings (SSSR count). The summed E-state index contributed by atoms with van der Waals surface area (Å²) in [5, 5.41) is 0.628. The Hall–Kier alpha value is -1.45. The highest BCUT2D eigenvalue weighted by Gasteiger charge is 2.09. The van der Waals surface area contributed by atoms with Crippen molar-refractivity contribution >= 4 is 35.4 Å². The van der Waals surface area contributed by atoms with Gasteiger partial charge in [0.05, 0.1) is 6.61 Å². The van der Waals surface area contributed by atoms with Gasteiger partial charge in [0.2, 0.25) is 0 Å². The van der Waals surface area contributed by atoms with Crippen LogP contribution in [-0.2, 0) is 9.53 Å². The average Bonchev–Trinajstić information content (AvgIpc) is 2.54. The largest absolute Gasteiger partial charge is 0.463 e. The summed E-state index contributed by atoms with van der Waals surface area (Å²) in [5.74, 6) is 0.273. The van der Waals surface area contributed by atoms with Crippen molar-refractivity contribution in [2.24, 2.45) is 5.92 Å². The van der Waals surface area contributed by atoms with Crippen molar-refractivity contribution in [2.45, 2.75) is 31.6 Å². The summed E-state index contributed by atoms with van der Waals surface area (Å²) in [6.45, 7) is 4.36. The summed E-state index contributed by atoms with van der Waals surface area (Å²) >= 11 is 8.02. The van der Waals surface area contributed by atoms with Crippen LogP contribution >= 0.6 is 23.4 Å². The van der Waals surface area contributed by atoms with Crippen LogP contribution in [0.25, 0.3) is 6.08 Å². The van der Waals surface area contributed by atoms with Crippen LogP contribution in [0.2, 0.25) is 5.02 Å². The lowest BCUT2D eigenvalue weighted by molar-refractivity contribution is -0.137. The number of allylic oxidation sites excluding steroid dienone is 3. The van der Waals surface area contributed by atoms with Crippen LogP contribution < -0.4 is 0 Å². The van der Waals surface area contributed by atoms with Gasteiger partial charge in [0.15, 0.2) is 0 Å². The van der Waals surface area contributed by atoms with Gasteiger partial charge in [-0.05, 0) is 49.5 Å². The molecule has 1 atom stereocenters. The Morgan fingerprint density at radius 3 is 2.96 bits per heavy atom. The normalized spacial score (nSPS) is 17.3. The molecule has 1 aromatic carbocycles. The lowest BCUT2D eigenvalue weighted by atomic mass is 9.98. The molecule has 0 amide bonds. The average molecular weight is 349 g/mol. The van der Waals surface area contributed by atoms with Crippen molar-refractivity contribution in [1.29, 1.82) is 0 Å². The zero-order chi connectivity index (χ0) is 16.7. The van der Waals surface area contributed by atoms with Crippen LogP contribution in [0, 0.1) is 5.92 Å². The van der Waals surface area contributed by atoms with Gasteiger partial charge in [-0.25, -0.2) is 4.79 Å². The smallest absolute Gasteiger partial charge is 0.330 e. The van der Waals surface area contributed by atoms with Gasteiger partial charge in [0.1, 0.15) is 0 Å². The zero-order valence-corrected chi connectivity index (χ0v) is 15.0. The van der Waals surface area contributed by atoms with Gasteiger partial charge in [-0.2, -0.15) is 0 Å². The van der Waals surface area contributed by atoms with Gasteiger partial charge in [-0.15, -0.1) is 0 Å². The molecule has 23 heavy (non-hydrogen) atoms.